The van der Waals surface area contributed by atoms with Gasteiger partial charge in [-0.25, -0.2) is 29.2 Å². The van der Waals surface area contributed by atoms with Crippen molar-refractivity contribution in [1.29, 1.82) is 0 Å². The van der Waals surface area contributed by atoms with E-state index in [1.807, 2.05) is 49.4 Å². The van der Waals surface area contributed by atoms with Gasteiger partial charge in [0.15, 0.2) is 11.5 Å². The van der Waals surface area contributed by atoms with E-state index in [0.29, 0.717) is 47.2 Å². The summed E-state index contributed by atoms with van der Waals surface area (Å²) in [6.45, 7) is 2.90. The number of nitrogens with one attached hydrogen (secondary N) is 2. The van der Waals surface area contributed by atoms with Crippen molar-refractivity contribution in [3.05, 3.63) is 66.9 Å². The number of anilines is 3. The predicted octanol–water partition coefficient (Wildman–Crippen LogP) is 4.08. The Hall–Kier alpha value is -5.00. The first-order valence-electron chi connectivity index (χ1n) is 11.7. The Labute approximate surface area is 211 Å². The van der Waals surface area contributed by atoms with Crippen LogP contribution in [-0.4, -0.2) is 64.8 Å². The monoisotopic (exact) mass is 497 g/mol. The van der Waals surface area contributed by atoms with Crippen LogP contribution in [0.4, 0.5) is 22.1 Å². The topological polar surface area (TPSA) is 143 Å². The van der Waals surface area contributed by atoms with E-state index in [1.165, 1.54) is 17.6 Å². The number of aryl methyl sites for hydroxylation is 1. The zero-order chi connectivity index (χ0) is 25.4. The number of benzene rings is 1. The standard InChI is InChI=1S/C25H23N9O3/c1-15-10-16(2-4-20(15)37-18-7-9-34-22(11-18)27-14-29-34)31-24-23-19(26-13-28-24)3-5-21(32-23)30-17-6-8-33(12-17)25(35)36/h2-5,7,9-11,13-14,17H,6,8,12H2,1H3,(H,30,32)(H,35,36)(H,26,28,31)/t17-/m0/s1. The highest BCUT2D eigenvalue weighted by molar-refractivity contribution is 5.88. The average Bonchev–Trinajstić information content (AvgIpc) is 3.55. The van der Waals surface area contributed by atoms with E-state index in [4.69, 9.17) is 9.72 Å². The molecule has 1 saturated heterocycles. The maximum Gasteiger partial charge on any atom is 0.407 e. The van der Waals surface area contributed by atoms with Gasteiger partial charge in [-0.3, -0.25) is 0 Å². The Bertz CT molecular complexity index is 1620. The van der Waals surface area contributed by atoms with Gasteiger partial charge in [-0.15, -0.1) is 0 Å². The fourth-order valence-corrected chi connectivity index (χ4v) is 4.34. The van der Waals surface area contributed by atoms with Gasteiger partial charge in [0, 0.05) is 37.1 Å². The molecule has 6 rings (SSSR count). The van der Waals surface area contributed by atoms with Crippen LogP contribution in [0.3, 0.4) is 0 Å². The van der Waals surface area contributed by atoms with Gasteiger partial charge in [0.1, 0.15) is 35.5 Å². The Morgan fingerprint density at radius 2 is 2.03 bits per heavy atom. The number of likely N-dealkylation sites (tertiary alicyclic amines) is 1. The first-order chi connectivity index (χ1) is 18.0. The molecule has 12 heteroatoms. The minimum atomic E-state index is -0.904. The number of hydrogen-bond donors (Lipinski definition) is 3. The number of amides is 1. The molecule has 37 heavy (non-hydrogen) atoms. The van der Waals surface area contributed by atoms with Gasteiger partial charge in [0.2, 0.25) is 0 Å². The highest BCUT2D eigenvalue weighted by Crippen LogP contribution is 2.30. The van der Waals surface area contributed by atoms with Gasteiger partial charge >= 0.3 is 6.09 Å². The molecule has 0 spiro atoms. The Morgan fingerprint density at radius 1 is 1.11 bits per heavy atom. The van der Waals surface area contributed by atoms with Crippen LogP contribution in [0.15, 0.2) is 61.3 Å². The lowest BCUT2D eigenvalue weighted by Crippen LogP contribution is -2.30. The number of carbonyl (C=O) groups is 1. The molecule has 4 aromatic heterocycles. The van der Waals surface area contributed by atoms with Crippen molar-refractivity contribution >= 4 is 40.1 Å². The third kappa shape index (κ3) is 4.63. The predicted molar refractivity (Wildman–Crippen MR) is 136 cm³/mol. The Balaban J connectivity index is 1.20. The number of fused-ring (bicyclic) bond motifs is 2. The van der Waals surface area contributed by atoms with E-state index in [0.717, 1.165) is 23.4 Å². The maximum absolute atomic E-state index is 11.2. The van der Waals surface area contributed by atoms with Crippen LogP contribution in [0.1, 0.15) is 12.0 Å². The first-order valence-corrected chi connectivity index (χ1v) is 11.7. The normalized spacial score (nSPS) is 15.3. The van der Waals surface area contributed by atoms with Crippen LogP contribution < -0.4 is 15.4 Å². The van der Waals surface area contributed by atoms with E-state index < -0.39 is 6.09 Å². The van der Waals surface area contributed by atoms with Crippen LogP contribution in [-0.2, 0) is 0 Å². The lowest BCUT2D eigenvalue weighted by atomic mass is 10.2. The molecule has 1 aromatic carbocycles. The quantitative estimate of drug-likeness (QED) is 0.314. The van der Waals surface area contributed by atoms with E-state index in [-0.39, 0.29) is 6.04 Å². The third-order valence-corrected chi connectivity index (χ3v) is 6.21. The smallest absolute Gasteiger partial charge is 0.407 e. The maximum atomic E-state index is 11.2. The molecule has 5 heterocycles. The van der Waals surface area contributed by atoms with Crippen molar-refractivity contribution in [2.24, 2.45) is 0 Å². The third-order valence-electron chi connectivity index (χ3n) is 6.21. The SMILES string of the molecule is Cc1cc(Nc2ncnc3ccc(N[C@H]4CCN(C(=O)O)C4)nc23)ccc1Oc1ccn2ncnc2c1. The number of pyridine rings is 2. The number of rotatable bonds is 6. The lowest BCUT2D eigenvalue weighted by Gasteiger charge is -2.15. The molecule has 0 saturated carbocycles. The number of aromatic nitrogens is 6. The van der Waals surface area contributed by atoms with Crippen molar-refractivity contribution in [3.63, 3.8) is 0 Å². The minimum Gasteiger partial charge on any atom is -0.465 e. The Morgan fingerprint density at radius 3 is 2.86 bits per heavy atom. The van der Waals surface area contributed by atoms with Gasteiger partial charge in [-0.05, 0) is 55.3 Å². The zero-order valence-electron chi connectivity index (χ0n) is 19.9. The van der Waals surface area contributed by atoms with E-state index in [1.54, 1.807) is 10.7 Å². The Kier molecular flexibility index (Phi) is 5.60. The molecule has 0 unspecified atom stereocenters. The second-order valence-electron chi connectivity index (χ2n) is 8.78. The summed E-state index contributed by atoms with van der Waals surface area (Å²) in [4.78, 5) is 30.3. The number of ether oxygens (including phenoxy) is 1. The molecular formula is C25H23N9O3. The van der Waals surface area contributed by atoms with Crippen LogP contribution in [0, 0.1) is 6.92 Å². The second kappa shape index (κ2) is 9.22. The summed E-state index contributed by atoms with van der Waals surface area (Å²) >= 11 is 0. The summed E-state index contributed by atoms with van der Waals surface area (Å²) in [5.74, 6) is 2.60. The summed E-state index contributed by atoms with van der Waals surface area (Å²) in [5.41, 5.74) is 3.77. The summed E-state index contributed by atoms with van der Waals surface area (Å²) in [6.07, 6.45) is 4.61. The van der Waals surface area contributed by atoms with Crippen molar-refractivity contribution in [1.82, 2.24) is 34.4 Å². The highest BCUT2D eigenvalue weighted by Gasteiger charge is 2.26. The van der Waals surface area contributed by atoms with Crippen LogP contribution >= 0.6 is 0 Å². The van der Waals surface area contributed by atoms with Crippen LogP contribution in [0.2, 0.25) is 0 Å². The van der Waals surface area contributed by atoms with E-state index in [2.05, 4.69) is 30.7 Å². The average molecular weight is 498 g/mol. The van der Waals surface area contributed by atoms with Crippen molar-refractivity contribution < 1.29 is 14.6 Å². The zero-order valence-corrected chi connectivity index (χ0v) is 19.9. The summed E-state index contributed by atoms with van der Waals surface area (Å²) in [6, 6.07) is 13.2. The fraction of sp³-hybridized carbons (Fsp3) is 0.200. The molecule has 0 bridgehead atoms. The number of hydrogen-bond acceptors (Lipinski definition) is 9. The molecule has 5 aromatic rings. The summed E-state index contributed by atoms with van der Waals surface area (Å²) in [7, 11) is 0. The molecule has 1 aliphatic rings. The molecule has 0 radical (unpaired) electrons. The number of carboxylic acid groups (broad SMARTS) is 1. The van der Waals surface area contributed by atoms with Crippen LogP contribution in [0.25, 0.3) is 16.7 Å². The summed E-state index contributed by atoms with van der Waals surface area (Å²) < 4.78 is 7.74. The van der Waals surface area contributed by atoms with Gasteiger partial charge < -0.3 is 25.4 Å². The molecule has 0 aliphatic carbocycles. The molecule has 1 amide bonds. The lowest BCUT2D eigenvalue weighted by molar-refractivity contribution is 0.155. The van der Waals surface area contributed by atoms with Gasteiger partial charge in [0.05, 0.1) is 5.52 Å². The molecule has 1 aliphatic heterocycles. The van der Waals surface area contributed by atoms with E-state index in [9.17, 15) is 9.90 Å². The van der Waals surface area contributed by atoms with E-state index >= 15 is 0 Å². The molecule has 12 nitrogen and oxygen atoms in total. The first kappa shape index (κ1) is 22.5. The highest BCUT2D eigenvalue weighted by atomic mass is 16.5. The van der Waals surface area contributed by atoms with Gasteiger partial charge in [-0.2, -0.15) is 5.10 Å². The largest absolute Gasteiger partial charge is 0.465 e. The molecule has 1 atom stereocenters. The van der Waals surface area contributed by atoms with Crippen LogP contribution in [0.5, 0.6) is 11.5 Å². The molecule has 3 N–H and O–H groups in total. The van der Waals surface area contributed by atoms with Crippen molar-refractivity contribution in [2.45, 2.75) is 19.4 Å². The number of nitrogens with zero attached hydrogens (tertiary/aromatic N) is 7. The minimum absolute atomic E-state index is 0.00254. The molecular weight excluding hydrogens is 474 g/mol. The second-order valence-corrected chi connectivity index (χ2v) is 8.78. The molecule has 186 valence electrons. The van der Waals surface area contributed by atoms with Gasteiger partial charge in [-0.1, -0.05) is 0 Å². The molecule has 1 fully saturated rings. The van der Waals surface area contributed by atoms with Gasteiger partial charge in [0.25, 0.3) is 0 Å². The fourth-order valence-electron chi connectivity index (χ4n) is 4.34. The van der Waals surface area contributed by atoms with Crippen molar-refractivity contribution in [2.75, 3.05) is 23.7 Å². The van der Waals surface area contributed by atoms with Crippen molar-refractivity contribution in [3.8, 4) is 11.5 Å². The summed E-state index contributed by atoms with van der Waals surface area (Å²) in [5, 5.41) is 20.0.